The molecule has 2 N–H and O–H groups in total. The lowest BCUT2D eigenvalue weighted by atomic mass is 9.97. The van der Waals surface area contributed by atoms with E-state index >= 15 is 0 Å². The predicted molar refractivity (Wildman–Crippen MR) is 93.4 cm³/mol. The van der Waals surface area contributed by atoms with Gasteiger partial charge in [-0.2, -0.15) is 0 Å². The van der Waals surface area contributed by atoms with Crippen molar-refractivity contribution >= 4 is 11.8 Å². The Morgan fingerprint density at radius 2 is 1.92 bits per heavy atom. The van der Waals surface area contributed by atoms with Gasteiger partial charge in [0.2, 0.25) is 11.8 Å². The van der Waals surface area contributed by atoms with Gasteiger partial charge in [0, 0.05) is 13.1 Å². The first-order valence-electron chi connectivity index (χ1n) is 8.82. The molecule has 0 aromatic heterocycles. The van der Waals surface area contributed by atoms with Gasteiger partial charge in [0.25, 0.3) is 0 Å². The number of hydrogen-bond acceptors (Lipinski definition) is 3. The van der Waals surface area contributed by atoms with Crippen LogP contribution in [0.3, 0.4) is 0 Å². The van der Waals surface area contributed by atoms with Crippen LogP contribution in [0.25, 0.3) is 0 Å². The number of aliphatic hydroxyl groups is 1. The average molecular weight is 332 g/mol. The Kier molecular flexibility index (Phi) is 6.37. The summed E-state index contributed by atoms with van der Waals surface area (Å²) in [5.41, 5.74) is 0.0903. The summed E-state index contributed by atoms with van der Waals surface area (Å²) in [7, 11) is 0. The van der Waals surface area contributed by atoms with Crippen molar-refractivity contribution in [1.82, 2.24) is 10.2 Å². The number of carbonyl (C=O) groups is 2. The van der Waals surface area contributed by atoms with Crippen LogP contribution < -0.4 is 5.32 Å². The van der Waals surface area contributed by atoms with E-state index in [1.54, 1.807) is 4.90 Å². The van der Waals surface area contributed by atoms with Gasteiger partial charge in [-0.05, 0) is 31.2 Å². The van der Waals surface area contributed by atoms with Gasteiger partial charge >= 0.3 is 0 Å². The van der Waals surface area contributed by atoms with Gasteiger partial charge in [-0.25, -0.2) is 0 Å². The van der Waals surface area contributed by atoms with E-state index in [0.717, 1.165) is 12.0 Å². The summed E-state index contributed by atoms with van der Waals surface area (Å²) in [6.07, 6.45) is 3.02. The maximum Gasteiger partial charge on any atom is 0.242 e. The van der Waals surface area contributed by atoms with Crippen molar-refractivity contribution in [3.63, 3.8) is 0 Å². The molecule has 5 nitrogen and oxygen atoms in total. The zero-order valence-electron chi connectivity index (χ0n) is 14.6. The molecule has 1 atom stereocenters. The Morgan fingerprint density at radius 1 is 1.25 bits per heavy atom. The lowest BCUT2D eigenvalue weighted by Crippen LogP contribution is -2.50. The molecule has 2 amide bonds. The molecule has 0 bridgehead atoms. The molecular formula is C19H28N2O3. The van der Waals surface area contributed by atoms with E-state index < -0.39 is 11.6 Å². The Labute approximate surface area is 144 Å². The number of carbonyl (C=O) groups excluding carboxylic acids is 2. The molecule has 0 saturated carbocycles. The third kappa shape index (κ3) is 4.57. The Hall–Kier alpha value is -1.88. The maximum atomic E-state index is 12.5. The normalized spacial score (nSPS) is 17.8. The fourth-order valence-electron chi connectivity index (χ4n) is 3.08. The highest BCUT2D eigenvalue weighted by Gasteiger charge is 2.34. The van der Waals surface area contributed by atoms with Crippen LogP contribution in [0.1, 0.15) is 45.1 Å². The summed E-state index contributed by atoms with van der Waals surface area (Å²) >= 11 is 0. The molecule has 1 aromatic rings. The zero-order chi connectivity index (χ0) is 17.6. The van der Waals surface area contributed by atoms with Gasteiger partial charge in [-0.3, -0.25) is 9.59 Å². The predicted octanol–water partition coefficient (Wildman–Crippen LogP) is 1.89. The first-order chi connectivity index (χ1) is 11.5. The number of nitrogens with one attached hydrogen (secondary N) is 1. The minimum atomic E-state index is -0.868. The lowest BCUT2D eigenvalue weighted by Gasteiger charge is -2.28. The Morgan fingerprint density at radius 3 is 2.54 bits per heavy atom. The van der Waals surface area contributed by atoms with Gasteiger partial charge in [0.05, 0.1) is 12.0 Å². The van der Waals surface area contributed by atoms with E-state index in [9.17, 15) is 14.7 Å². The molecule has 1 saturated heterocycles. The molecule has 1 heterocycles. The van der Waals surface area contributed by atoms with Gasteiger partial charge < -0.3 is 15.3 Å². The van der Waals surface area contributed by atoms with Crippen molar-refractivity contribution in [2.24, 2.45) is 0 Å². The minimum Gasteiger partial charge on any atom is -0.388 e. The first-order valence-corrected chi connectivity index (χ1v) is 8.82. The van der Waals surface area contributed by atoms with E-state index in [4.69, 9.17) is 0 Å². The summed E-state index contributed by atoms with van der Waals surface area (Å²) in [5, 5.41) is 13.1. The summed E-state index contributed by atoms with van der Waals surface area (Å²) in [6.45, 7) is 4.66. The highest BCUT2D eigenvalue weighted by molar-refractivity contribution is 5.89. The van der Waals surface area contributed by atoms with Gasteiger partial charge in [0.15, 0.2) is 0 Å². The van der Waals surface area contributed by atoms with Gasteiger partial charge in [-0.1, -0.05) is 44.2 Å². The highest BCUT2D eigenvalue weighted by atomic mass is 16.3. The second-order valence-electron chi connectivity index (χ2n) is 6.56. The second kappa shape index (κ2) is 8.29. The van der Waals surface area contributed by atoms with E-state index in [-0.39, 0.29) is 18.4 Å². The van der Waals surface area contributed by atoms with Crippen LogP contribution in [0.4, 0.5) is 0 Å². The maximum absolute atomic E-state index is 12.5. The zero-order valence-corrected chi connectivity index (χ0v) is 14.6. The smallest absolute Gasteiger partial charge is 0.242 e. The fourth-order valence-corrected chi connectivity index (χ4v) is 3.08. The molecular weight excluding hydrogens is 304 g/mol. The van der Waals surface area contributed by atoms with Gasteiger partial charge in [-0.15, -0.1) is 0 Å². The van der Waals surface area contributed by atoms with Gasteiger partial charge in [0.1, 0.15) is 6.04 Å². The quantitative estimate of drug-likeness (QED) is 0.801. The Bertz CT molecular complexity index is 555. The average Bonchev–Trinajstić information content (AvgIpc) is 3.10. The molecule has 0 spiro atoms. The van der Waals surface area contributed by atoms with Crippen LogP contribution >= 0.6 is 0 Å². The van der Waals surface area contributed by atoms with E-state index in [1.165, 1.54) is 0 Å². The molecule has 5 heteroatoms. The summed E-state index contributed by atoms with van der Waals surface area (Å²) < 4.78 is 0. The van der Waals surface area contributed by atoms with Crippen molar-refractivity contribution in [2.75, 3.05) is 13.1 Å². The van der Waals surface area contributed by atoms with Crippen molar-refractivity contribution in [3.05, 3.63) is 35.9 Å². The van der Waals surface area contributed by atoms with Crippen molar-refractivity contribution in [1.29, 1.82) is 0 Å². The van der Waals surface area contributed by atoms with E-state index in [1.807, 2.05) is 44.2 Å². The first kappa shape index (κ1) is 18.5. The number of likely N-dealkylation sites (tertiary alicyclic amines) is 1. The number of hydrogen-bond donors (Lipinski definition) is 2. The van der Waals surface area contributed by atoms with Crippen molar-refractivity contribution < 1.29 is 14.7 Å². The Balaban J connectivity index is 1.94. The second-order valence-corrected chi connectivity index (χ2v) is 6.56. The molecule has 0 aliphatic carbocycles. The molecule has 0 radical (unpaired) electrons. The summed E-state index contributed by atoms with van der Waals surface area (Å²) in [6, 6.07) is 9.17. The van der Waals surface area contributed by atoms with E-state index in [2.05, 4.69) is 5.32 Å². The van der Waals surface area contributed by atoms with Crippen LogP contribution in [0.2, 0.25) is 0 Å². The van der Waals surface area contributed by atoms with Crippen LogP contribution in [0.15, 0.2) is 30.3 Å². The molecule has 2 rings (SSSR count). The summed E-state index contributed by atoms with van der Waals surface area (Å²) in [5.74, 6) is -0.172. The van der Waals surface area contributed by atoms with E-state index in [0.29, 0.717) is 32.2 Å². The third-order valence-electron chi connectivity index (χ3n) is 4.98. The molecule has 1 unspecified atom stereocenters. The van der Waals surface area contributed by atoms with Crippen LogP contribution in [0.5, 0.6) is 0 Å². The van der Waals surface area contributed by atoms with Crippen LogP contribution in [-0.2, 0) is 16.0 Å². The lowest BCUT2D eigenvalue weighted by molar-refractivity contribution is -0.138. The number of amides is 2. The molecule has 1 aliphatic heterocycles. The molecule has 24 heavy (non-hydrogen) atoms. The molecule has 1 fully saturated rings. The summed E-state index contributed by atoms with van der Waals surface area (Å²) in [4.78, 5) is 26.7. The highest BCUT2D eigenvalue weighted by Crippen LogP contribution is 2.20. The molecule has 132 valence electrons. The molecule has 1 aliphatic rings. The van der Waals surface area contributed by atoms with Crippen LogP contribution in [0, 0.1) is 0 Å². The van der Waals surface area contributed by atoms with Crippen molar-refractivity contribution in [3.8, 4) is 0 Å². The third-order valence-corrected chi connectivity index (χ3v) is 4.98. The number of rotatable bonds is 7. The van der Waals surface area contributed by atoms with Crippen molar-refractivity contribution in [2.45, 2.75) is 57.6 Å². The van der Waals surface area contributed by atoms with Crippen LogP contribution in [-0.4, -0.2) is 46.6 Å². The SMILES string of the molecule is CCC(O)(CC)CNC(=O)C1CCCN1C(=O)Cc1ccccc1. The largest absolute Gasteiger partial charge is 0.388 e. The minimum absolute atomic E-state index is 0.0138. The fraction of sp³-hybridized carbons (Fsp3) is 0.579. The number of nitrogens with zero attached hydrogens (tertiary/aromatic N) is 1. The number of benzene rings is 1. The molecule has 1 aromatic carbocycles. The monoisotopic (exact) mass is 332 g/mol. The standard InChI is InChI=1S/C19H28N2O3/c1-3-19(24,4-2)14-20-18(23)16-11-8-12-21(16)17(22)13-15-9-6-5-7-10-15/h5-7,9-10,16,24H,3-4,8,11-14H2,1-2H3,(H,20,23). The topological polar surface area (TPSA) is 69.6 Å².